The molecule has 2 atom stereocenters. The van der Waals surface area contributed by atoms with Crippen LogP contribution in [0.4, 0.5) is 5.69 Å². The smallest absolute Gasteiger partial charge is 0.251 e. The second kappa shape index (κ2) is 6.48. The van der Waals surface area contributed by atoms with Crippen molar-refractivity contribution in [3.63, 3.8) is 0 Å². The summed E-state index contributed by atoms with van der Waals surface area (Å²) in [7, 11) is 0. The SMILES string of the molecule is CC(CC1CCCN1)Nc1ccc(C(=O)NC2CC2)cc1. The topological polar surface area (TPSA) is 53.2 Å². The third-order valence-electron chi connectivity index (χ3n) is 4.27. The molecular weight excluding hydrogens is 262 g/mol. The molecule has 21 heavy (non-hydrogen) atoms. The molecule has 2 fully saturated rings. The van der Waals surface area contributed by atoms with Gasteiger partial charge in [-0.25, -0.2) is 0 Å². The summed E-state index contributed by atoms with van der Waals surface area (Å²) in [5, 5.41) is 10.1. The molecule has 1 heterocycles. The molecular formula is C17H25N3O. The van der Waals surface area contributed by atoms with Crippen LogP contribution in [-0.2, 0) is 0 Å². The summed E-state index contributed by atoms with van der Waals surface area (Å²) in [6.07, 6.45) is 5.97. The molecule has 4 heteroatoms. The van der Waals surface area contributed by atoms with Gasteiger partial charge in [-0.1, -0.05) is 0 Å². The van der Waals surface area contributed by atoms with Crippen LogP contribution >= 0.6 is 0 Å². The van der Waals surface area contributed by atoms with Crippen LogP contribution in [-0.4, -0.2) is 30.6 Å². The number of carbonyl (C=O) groups is 1. The van der Waals surface area contributed by atoms with Crippen molar-refractivity contribution in [3.05, 3.63) is 29.8 Å². The van der Waals surface area contributed by atoms with Crippen molar-refractivity contribution in [2.45, 2.75) is 57.2 Å². The molecule has 0 radical (unpaired) electrons. The minimum Gasteiger partial charge on any atom is -0.383 e. The Kier molecular flexibility index (Phi) is 4.44. The van der Waals surface area contributed by atoms with E-state index < -0.39 is 0 Å². The molecule has 1 aliphatic carbocycles. The fourth-order valence-electron chi connectivity index (χ4n) is 2.94. The Morgan fingerprint density at radius 2 is 2.05 bits per heavy atom. The highest BCUT2D eigenvalue weighted by atomic mass is 16.1. The lowest BCUT2D eigenvalue weighted by atomic mass is 10.1. The van der Waals surface area contributed by atoms with Gasteiger partial charge in [0.25, 0.3) is 5.91 Å². The number of benzene rings is 1. The zero-order chi connectivity index (χ0) is 14.7. The molecule has 0 aromatic heterocycles. The van der Waals surface area contributed by atoms with E-state index in [1.165, 1.54) is 12.8 Å². The van der Waals surface area contributed by atoms with Crippen LogP contribution < -0.4 is 16.0 Å². The molecule has 2 unspecified atom stereocenters. The van der Waals surface area contributed by atoms with E-state index in [0.29, 0.717) is 18.1 Å². The normalized spacial score (nSPS) is 22.8. The second-order valence-electron chi connectivity index (χ2n) is 6.40. The summed E-state index contributed by atoms with van der Waals surface area (Å²) in [6, 6.07) is 9.30. The molecule has 1 saturated heterocycles. The van der Waals surface area contributed by atoms with E-state index in [1.807, 2.05) is 24.3 Å². The Hall–Kier alpha value is -1.55. The van der Waals surface area contributed by atoms with E-state index in [4.69, 9.17) is 0 Å². The van der Waals surface area contributed by atoms with E-state index in [1.54, 1.807) is 0 Å². The van der Waals surface area contributed by atoms with Gasteiger partial charge in [-0.15, -0.1) is 0 Å². The molecule has 0 bridgehead atoms. The van der Waals surface area contributed by atoms with E-state index in [0.717, 1.165) is 37.1 Å². The van der Waals surface area contributed by atoms with Gasteiger partial charge in [0.15, 0.2) is 0 Å². The van der Waals surface area contributed by atoms with E-state index in [9.17, 15) is 4.79 Å². The Morgan fingerprint density at radius 3 is 2.67 bits per heavy atom. The Bertz CT molecular complexity index is 475. The van der Waals surface area contributed by atoms with E-state index in [-0.39, 0.29) is 5.91 Å². The average Bonchev–Trinajstić information content (AvgIpc) is 3.13. The molecule has 3 N–H and O–H groups in total. The molecule has 1 aromatic carbocycles. The number of amides is 1. The number of rotatable bonds is 6. The molecule has 1 saturated carbocycles. The maximum absolute atomic E-state index is 11.9. The predicted molar refractivity (Wildman–Crippen MR) is 85.7 cm³/mol. The van der Waals surface area contributed by atoms with Gasteiger partial charge in [-0.05, 0) is 69.8 Å². The summed E-state index contributed by atoms with van der Waals surface area (Å²) in [5.41, 5.74) is 1.83. The molecule has 1 aromatic rings. The minimum absolute atomic E-state index is 0.0484. The van der Waals surface area contributed by atoms with Crippen LogP contribution in [0.5, 0.6) is 0 Å². The number of carbonyl (C=O) groups excluding carboxylic acids is 1. The first-order chi connectivity index (χ1) is 10.2. The summed E-state index contributed by atoms with van der Waals surface area (Å²) in [5.74, 6) is 0.0484. The number of anilines is 1. The Labute approximate surface area is 126 Å². The van der Waals surface area contributed by atoms with Gasteiger partial charge in [0.2, 0.25) is 0 Å². The lowest BCUT2D eigenvalue weighted by molar-refractivity contribution is 0.0951. The van der Waals surface area contributed by atoms with Crippen LogP contribution in [0.2, 0.25) is 0 Å². The first-order valence-electron chi connectivity index (χ1n) is 8.11. The molecule has 3 rings (SSSR count). The Balaban J connectivity index is 1.49. The lowest BCUT2D eigenvalue weighted by Gasteiger charge is -2.19. The third-order valence-corrected chi connectivity index (χ3v) is 4.27. The number of hydrogen-bond acceptors (Lipinski definition) is 3. The van der Waals surface area contributed by atoms with Crippen LogP contribution in [0, 0.1) is 0 Å². The van der Waals surface area contributed by atoms with Crippen molar-refractivity contribution < 1.29 is 4.79 Å². The van der Waals surface area contributed by atoms with Crippen LogP contribution in [0.25, 0.3) is 0 Å². The first kappa shape index (κ1) is 14.4. The molecule has 0 spiro atoms. The first-order valence-corrected chi connectivity index (χ1v) is 8.11. The fourth-order valence-corrected chi connectivity index (χ4v) is 2.94. The zero-order valence-corrected chi connectivity index (χ0v) is 12.7. The molecule has 4 nitrogen and oxygen atoms in total. The number of hydrogen-bond donors (Lipinski definition) is 3. The molecule has 2 aliphatic rings. The summed E-state index contributed by atoms with van der Waals surface area (Å²) >= 11 is 0. The van der Waals surface area contributed by atoms with E-state index >= 15 is 0 Å². The third kappa shape index (κ3) is 4.21. The largest absolute Gasteiger partial charge is 0.383 e. The maximum Gasteiger partial charge on any atom is 0.251 e. The van der Waals surface area contributed by atoms with Gasteiger partial charge in [0, 0.05) is 29.4 Å². The van der Waals surface area contributed by atoms with Crippen molar-refractivity contribution in [2.24, 2.45) is 0 Å². The molecule has 114 valence electrons. The van der Waals surface area contributed by atoms with E-state index in [2.05, 4.69) is 22.9 Å². The van der Waals surface area contributed by atoms with Gasteiger partial charge >= 0.3 is 0 Å². The summed E-state index contributed by atoms with van der Waals surface area (Å²) in [6.45, 7) is 3.37. The van der Waals surface area contributed by atoms with Crippen molar-refractivity contribution in [2.75, 3.05) is 11.9 Å². The highest BCUT2D eigenvalue weighted by Gasteiger charge is 2.23. The monoisotopic (exact) mass is 287 g/mol. The maximum atomic E-state index is 11.9. The predicted octanol–water partition coefficient (Wildman–Crippen LogP) is 2.52. The van der Waals surface area contributed by atoms with Gasteiger partial charge in [-0.3, -0.25) is 4.79 Å². The van der Waals surface area contributed by atoms with Crippen LogP contribution in [0.3, 0.4) is 0 Å². The van der Waals surface area contributed by atoms with Gasteiger partial charge in [-0.2, -0.15) is 0 Å². The van der Waals surface area contributed by atoms with Crippen molar-refractivity contribution in [1.29, 1.82) is 0 Å². The van der Waals surface area contributed by atoms with Crippen molar-refractivity contribution in [3.8, 4) is 0 Å². The number of nitrogens with one attached hydrogen (secondary N) is 3. The minimum atomic E-state index is 0.0484. The van der Waals surface area contributed by atoms with Crippen molar-refractivity contribution >= 4 is 11.6 Å². The average molecular weight is 287 g/mol. The highest BCUT2D eigenvalue weighted by Crippen LogP contribution is 2.20. The molecule has 1 aliphatic heterocycles. The molecule has 1 amide bonds. The quantitative estimate of drug-likeness (QED) is 0.753. The van der Waals surface area contributed by atoms with Gasteiger partial charge < -0.3 is 16.0 Å². The van der Waals surface area contributed by atoms with Crippen LogP contribution in [0.15, 0.2) is 24.3 Å². The highest BCUT2D eigenvalue weighted by molar-refractivity contribution is 5.94. The van der Waals surface area contributed by atoms with Crippen molar-refractivity contribution in [1.82, 2.24) is 10.6 Å². The zero-order valence-electron chi connectivity index (χ0n) is 12.7. The summed E-state index contributed by atoms with van der Waals surface area (Å²) < 4.78 is 0. The second-order valence-corrected chi connectivity index (χ2v) is 6.40. The fraction of sp³-hybridized carbons (Fsp3) is 0.588. The summed E-state index contributed by atoms with van der Waals surface area (Å²) in [4.78, 5) is 11.9. The standard InChI is InChI=1S/C17H25N3O/c1-12(11-16-3-2-10-18-16)19-14-6-4-13(5-7-14)17(21)20-15-8-9-15/h4-7,12,15-16,18-19H,2-3,8-11H2,1H3,(H,20,21). The van der Waals surface area contributed by atoms with Gasteiger partial charge in [0.1, 0.15) is 0 Å². The van der Waals surface area contributed by atoms with Crippen LogP contribution in [0.1, 0.15) is 49.4 Å². The lowest BCUT2D eigenvalue weighted by Crippen LogP contribution is -2.29. The van der Waals surface area contributed by atoms with Gasteiger partial charge in [0.05, 0.1) is 0 Å². The Morgan fingerprint density at radius 1 is 1.29 bits per heavy atom.